The Labute approximate surface area is 189 Å². The van der Waals surface area contributed by atoms with Crippen molar-refractivity contribution in [3.63, 3.8) is 0 Å². The number of ether oxygens (including phenoxy) is 4. The first kappa shape index (κ1) is 24.4. The average molecular weight is 446 g/mol. The van der Waals surface area contributed by atoms with Crippen LogP contribution in [-0.2, 0) is 19.2 Å². The number of hydrogen-bond donors (Lipinski definition) is 0. The molecule has 0 spiro atoms. The summed E-state index contributed by atoms with van der Waals surface area (Å²) in [6.45, 7) is 11.2. The fraction of sp³-hybridized carbons (Fsp3) is 0.0400. The standard InChI is InChI=1S/C25H18O8/c1-5-23(27)31-20-13-18(12-19(15-20)30-16(4)26)9-8-17-10-11-21(32-24(28)6-2)22(14-17)33-25(29)7-3/h5-7,10-15H,1-3H2,4H3. The van der Waals surface area contributed by atoms with Gasteiger partial charge in [-0.05, 0) is 24.3 Å². The van der Waals surface area contributed by atoms with Crippen LogP contribution in [-0.4, -0.2) is 23.9 Å². The molecule has 33 heavy (non-hydrogen) atoms. The number of esters is 4. The fourth-order valence-electron chi connectivity index (χ4n) is 2.28. The maximum Gasteiger partial charge on any atom is 0.335 e. The lowest BCUT2D eigenvalue weighted by atomic mass is 10.1. The van der Waals surface area contributed by atoms with Gasteiger partial charge in [0, 0.05) is 48.4 Å². The highest BCUT2D eigenvalue weighted by molar-refractivity contribution is 5.86. The topological polar surface area (TPSA) is 105 Å². The van der Waals surface area contributed by atoms with Crippen LogP contribution in [0.1, 0.15) is 18.1 Å². The summed E-state index contributed by atoms with van der Waals surface area (Å²) >= 11 is 0. The maximum absolute atomic E-state index is 11.6. The highest BCUT2D eigenvalue weighted by atomic mass is 16.6. The summed E-state index contributed by atoms with van der Waals surface area (Å²) in [5, 5.41) is 0. The van der Waals surface area contributed by atoms with E-state index >= 15 is 0 Å². The third kappa shape index (κ3) is 7.70. The first-order valence-corrected chi connectivity index (χ1v) is 9.26. The first-order valence-electron chi connectivity index (χ1n) is 9.26. The van der Waals surface area contributed by atoms with E-state index in [1.807, 2.05) is 0 Å². The van der Waals surface area contributed by atoms with E-state index in [4.69, 9.17) is 18.9 Å². The van der Waals surface area contributed by atoms with Gasteiger partial charge in [0.05, 0.1) is 0 Å². The molecule has 166 valence electrons. The number of benzene rings is 2. The van der Waals surface area contributed by atoms with E-state index in [1.165, 1.54) is 43.3 Å². The third-order valence-corrected chi connectivity index (χ3v) is 3.58. The molecule has 0 saturated carbocycles. The van der Waals surface area contributed by atoms with Crippen LogP contribution in [0.5, 0.6) is 23.0 Å². The van der Waals surface area contributed by atoms with Crippen LogP contribution in [0, 0.1) is 11.8 Å². The van der Waals surface area contributed by atoms with Gasteiger partial charge >= 0.3 is 23.9 Å². The molecule has 0 aromatic heterocycles. The van der Waals surface area contributed by atoms with E-state index in [0.29, 0.717) is 11.1 Å². The molecule has 0 heterocycles. The lowest BCUT2D eigenvalue weighted by Crippen LogP contribution is -2.08. The molecule has 0 aliphatic heterocycles. The molecule has 0 aliphatic carbocycles. The zero-order valence-corrected chi connectivity index (χ0v) is 17.6. The molecule has 0 bridgehead atoms. The van der Waals surface area contributed by atoms with Gasteiger partial charge in [-0.1, -0.05) is 31.6 Å². The molecule has 2 aromatic rings. The van der Waals surface area contributed by atoms with Gasteiger partial charge in [-0.25, -0.2) is 14.4 Å². The molecule has 0 fully saturated rings. The molecular weight excluding hydrogens is 428 g/mol. The van der Waals surface area contributed by atoms with Crippen LogP contribution in [0.25, 0.3) is 0 Å². The summed E-state index contributed by atoms with van der Waals surface area (Å²) < 4.78 is 20.3. The molecule has 8 heteroatoms. The van der Waals surface area contributed by atoms with Crippen LogP contribution < -0.4 is 18.9 Å². The van der Waals surface area contributed by atoms with Crippen LogP contribution in [0.3, 0.4) is 0 Å². The van der Waals surface area contributed by atoms with Gasteiger partial charge in [-0.2, -0.15) is 0 Å². The van der Waals surface area contributed by atoms with Gasteiger partial charge in [0.25, 0.3) is 0 Å². The minimum absolute atomic E-state index is 0.0175. The van der Waals surface area contributed by atoms with Crippen molar-refractivity contribution in [3.05, 3.63) is 85.5 Å². The second-order valence-corrected chi connectivity index (χ2v) is 6.07. The van der Waals surface area contributed by atoms with E-state index < -0.39 is 23.9 Å². The van der Waals surface area contributed by atoms with Gasteiger partial charge in [0.15, 0.2) is 11.5 Å². The summed E-state index contributed by atoms with van der Waals surface area (Å²) in [5.74, 6) is 3.02. The van der Waals surface area contributed by atoms with Gasteiger partial charge in [0.2, 0.25) is 0 Å². The summed E-state index contributed by atoms with van der Waals surface area (Å²) in [4.78, 5) is 46.0. The molecule has 2 aromatic carbocycles. The van der Waals surface area contributed by atoms with Crippen molar-refractivity contribution >= 4 is 23.9 Å². The van der Waals surface area contributed by atoms with Gasteiger partial charge in [0.1, 0.15) is 11.5 Å². The number of carbonyl (C=O) groups is 4. The fourth-order valence-corrected chi connectivity index (χ4v) is 2.28. The van der Waals surface area contributed by atoms with E-state index in [1.54, 1.807) is 0 Å². The minimum atomic E-state index is -0.765. The molecular formula is C25H18O8. The zero-order valence-electron chi connectivity index (χ0n) is 17.6. The van der Waals surface area contributed by atoms with Crippen molar-refractivity contribution in [1.29, 1.82) is 0 Å². The minimum Gasteiger partial charge on any atom is -0.427 e. The average Bonchev–Trinajstić information content (AvgIpc) is 2.78. The van der Waals surface area contributed by atoms with Gasteiger partial charge in [-0.15, -0.1) is 0 Å². The maximum atomic E-state index is 11.6. The summed E-state index contributed by atoms with van der Waals surface area (Å²) in [7, 11) is 0. The van der Waals surface area contributed by atoms with E-state index in [-0.39, 0.29) is 23.0 Å². The molecule has 0 amide bonds. The summed E-state index contributed by atoms with van der Waals surface area (Å²) in [5.41, 5.74) is 0.746. The zero-order chi connectivity index (χ0) is 24.4. The number of rotatable bonds is 7. The lowest BCUT2D eigenvalue weighted by molar-refractivity contribution is -0.132. The van der Waals surface area contributed by atoms with Crippen LogP contribution in [0.2, 0.25) is 0 Å². The Morgan fingerprint density at radius 2 is 1.18 bits per heavy atom. The Bertz CT molecular complexity index is 1210. The van der Waals surface area contributed by atoms with Crippen molar-refractivity contribution in [2.24, 2.45) is 0 Å². The molecule has 0 unspecified atom stereocenters. The van der Waals surface area contributed by atoms with Crippen LogP contribution in [0.4, 0.5) is 0 Å². The van der Waals surface area contributed by atoms with Crippen molar-refractivity contribution in [3.8, 4) is 34.8 Å². The highest BCUT2D eigenvalue weighted by Gasteiger charge is 2.12. The molecule has 0 radical (unpaired) electrons. The Kier molecular flexibility index (Phi) is 8.48. The molecule has 0 atom stereocenters. The Hall–Kier alpha value is -4.90. The Morgan fingerprint density at radius 1 is 0.667 bits per heavy atom. The second kappa shape index (κ2) is 11.5. The summed E-state index contributed by atoms with van der Waals surface area (Å²) in [6.07, 6.45) is 2.89. The van der Waals surface area contributed by atoms with Crippen molar-refractivity contribution < 1.29 is 38.1 Å². The number of carbonyl (C=O) groups excluding carboxylic acids is 4. The van der Waals surface area contributed by atoms with Gasteiger partial charge in [-0.3, -0.25) is 4.79 Å². The van der Waals surface area contributed by atoms with E-state index in [9.17, 15) is 19.2 Å². The lowest BCUT2D eigenvalue weighted by Gasteiger charge is -2.09. The molecule has 2 rings (SSSR count). The van der Waals surface area contributed by atoms with E-state index in [0.717, 1.165) is 18.2 Å². The van der Waals surface area contributed by atoms with Crippen LogP contribution in [0.15, 0.2) is 74.4 Å². The summed E-state index contributed by atoms with van der Waals surface area (Å²) in [6, 6.07) is 8.58. The Morgan fingerprint density at radius 3 is 1.76 bits per heavy atom. The molecule has 8 nitrogen and oxygen atoms in total. The SMILES string of the molecule is C=CC(=O)Oc1cc(C#Cc2ccc(OC(=O)C=C)c(OC(=O)C=C)c2)cc(OC(C)=O)c1. The van der Waals surface area contributed by atoms with Crippen LogP contribution >= 0.6 is 0 Å². The molecule has 0 N–H and O–H groups in total. The first-order chi connectivity index (χ1) is 15.7. The molecule has 0 saturated heterocycles. The predicted octanol–water partition coefficient (Wildman–Crippen LogP) is 3.29. The largest absolute Gasteiger partial charge is 0.427 e. The monoisotopic (exact) mass is 446 g/mol. The highest BCUT2D eigenvalue weighted by Crippen LogP contribution is 2.29. The normalized spacial score (nSPS) is 9.36. The van der Waals surface area contributed by atoms with E-state index in [2.05, 4.69) is 31.6 Å². The van der Waals surface area contributed by atoms with Gasteiger partial charge < -0.3 is 18.9 Å². The molecule has 0 aliphatic rings. The van der Waals surface area contributed by atoms with Crippen molar-refractivity contribution in [1.82, 2.24) is 0 Å². The smallest absolute Gasteiger partial charge is 0.335 e. The quantitative estimate of drug-likeness (QED) is 0.276. The predicted molar refractivity (Wildman–Crippen MR) is 118 cm³/mol. The Balaban J connectivity index is 2.44. The van der Waals surface area contributed by atoms with Crippen molar-refractivity contribution in [2.45, 2.75) is 6.92 Å². The second-order valence-electron chi connectivity index (χ2n) is 6.07. The van der Waals surface area contributed by atoms with Crippen molar-refractivity contribution in [2.75, 3.05) is 0 Å². The number of hydrogen-bond acceptors (Lipinski definition) is 8. The third-order valence-electron chi connectivity index (χ3n) is 3.58.